The molecule has 1 aliphatic carbocycles. The van der Waals surface area contributed by atoms with Crippen LogP contribution in [0, 0.1) is 12.8 Å². The predicted molar refractivity (Wildman–Crippen MR) is 79.4 cm³/mol. The Morgan fingerprint density at radius 1 is 1.40 bits per heavy atom. The van der Waals surface area contributed by atoms with Gasteiger partial charge >= 0.3 is 4.87 Å². The molecule has 1 heterocycles. The quantitative estimate of drug-likeness (QED) is 0.751. The summed E-state index contributed by atoms with van der Waals surface area (Å²) in [5.74, 6) is 0.291. The number of nitrogens with two attached hydrogens (primary N) is 1. The molecule has 1 atom stereocenters. The van der Waals surface area contributed by atoms with Gasteiger partial charge in [-0.3, -0.25) is 4.79 Å². The van der Waals surface area contributed by atoms with Crippen LogP contribution >= 0.6 is 11.3 Å². The van der Waals surface area contributed by atoms with E-state index in [9.17, 15) is 13.2 Å². The molecule has 0 radical (unpaired) electrons. The molecule has 1 fully saturated rings. The highest BCUT2D eigenvalue weighted by Gasteiger charge is 2.29. The molecule has 0 bridgehead atoms. The van der Waals surface area contributed by atoms with Crippen molar-refractivity contribution in [3.8, 4) is 0 Å². The van der Waals surface area contributed by atoms with Crippen LogP contribution in [0.4, 0.5) is 0 Å². The van der Waals surface area contributed by atoms with Crippen molar-refractivity contribution in [2.45, 2.75) is 49.3 Å². The average molecular weight is 319 g/mol. The molecule has 0 aliphatic heterocycles. The minimum Gasteiger partial charge on any atom is -0.329 e. The molecule has 8 heteroatoms. The van der Waals surface area contributed by atoms with Crippen LogP contribution in [0.3, 0.4) is 0 Å². The summed E-state index contributed by atoms with van der Waals surface area (Å²) in [5, 5.41) is 0. The first kappa shape index (κ1) is 15.7. The number of aromatic nitrogens is 1. The number of rotatable bonds is 5. The van der Waals surface area contributed by atoms with Gasteiger partial charge < -0.3 is 10.7 Å². The zero-order valence-electron chi connectivity index (χ0n) is 11.5. The maximum atomic E-state index is 12.4. The van der Waals surface area contributed by atoms with Gasteiger partial charge in [0.15, 0.2) is 4.21 Å². The van der Waals surface area contributed by atoms with Crippen LogP contribution in [0.25, 0.3) is 0 Å². The third-order valence-electron chi connectivity index (χ3n) is 3.80. The van der Waals surface area contributed by atoms with Crippen LogP contribution in [-0.2, 0) is 10.0 Å². The second-order valence-electron chi connectivity index (χ2n) is 5.29. The Kier molecular flexibility index (Phi) is 5.00. The Morgan fingerprint density at radius 3 is 2.55 bits per heavy atom. The van der Waals surface area contributed by atoms with Crippen molar-refractivity contribution < 1.29 is 8.42 Å². The Morgan fingerprint density at radius 2 is 2.05 bits per heavy atom. The first-order valence-electron chi connectivity index (χ1n) is 6.86. The largest absolute Gasteiger partial charge is 0.329 e. The zero-order valence-corrected chi connectivity index (χ0v) is 13.1. The summed E-state index contributed by atoms with van der Waals surface area (Å²) in [5.41, 5.74) is 6.12. The number of hydrogen-bond donors (Lipinski definition) is 3. The van der Waals surface area contributed by atoms with Gasteiger partial charge in [0, 0.05) is 18.3 Å². The first-order valence-corrected chi connectivity index (χ1v) is 9.16. The lowest BCUT2D eigenvalue weighted by atomic mass is 9.84. The van der Waals surface area contributed by atoms with Crippen molar-refractivity contribution in [3.63, 3.8) is 0 Å². The van der Waals surface area contributed by atoms with Crippen molar-refractivity contribution in [1.82, 2.24) is 9.71 Å². The Balaban J connectivity index is 2.17. The molecule has 0 amide bonds. The minimum atomic E-state index is -3.67. The number of sulfonamides is 1. The van der Waals surface area contributed by atoms with E-state index in [1.165, 1.54) is 6.42 Å². The highest BCUT2D eigenvalue weighted by molar-refractivity contribution is 7.91. The van der Waals surface area contributed by atoms with Crippen LogP contribution in [0.1, 0.15) is 37.8 Å². The molecule has 1 unspecified atom stereocenters. The van der Waals surface area contributed by atoms with Crippen LogP contribution in [-0.4, -0.2) is 26.0 Å². The molecule has 1 aromatic rings. The number of aromatic amines is 1. The normalized spacial score (nSPS) is 19.1. The Labute approximate surface area is 122 Å². The summed E-state index contributed by atoms with van der Waals surface area (Å²) in [7, 11) is -3.67. The molecule has 1 aliphatic rings. The molecule has 114 valence electrons. The average Bonchev–Trinajstić information content (AvgIpc) is 2.77. The molecule has 4 N–H and O–H groups in total. The standard InChI is InChI=1S/C12H21N3O3S2/c1-8-11(19-12(16)14-8)20(17,18)15-10(7-13)9-5-3-2-4-6-9/h9-10,15H,2-7,13H2,1H3,(H,14,16). The van der Waals surface area contributed by atoms with E-state index in [4.69, 9.17) is 5.73 Å². The lowest BCUT2D eigenvalue weighted by molar-refractivity contribution is 0.294. The lowest BCUT2D eigenvalue weighted by Gasteiger charge is -2.29. The lowest BCUT2D eigenvalue weighted by Crippen LogP contribution is -2.45. The molecule has 2 rings (SSSR count). The molecule has 6 nitrogen and oxygen atoms in total. The van der Waals surface area contributed by atoms with Crippen molar-refractivity contribution in [1.29, 1.82) is 0 Å². The van der Waals surface area contributed by atoms with Gasteiger partial charge in [-0.2, -0.15) is 0 Å². The SMILES string of the molecule is Cc1[nH]c(=O)sc1S(=O)(=O)NC(CN)C1CCCCC1. The van der Waals surface area contributed by atoms with E-state index >= 15 is 0 Å². The molecule has 1 aromatic heterocycles. The summed E-state index contributed by atoms with van der Waals surface area (Å²) >= 11 is 0.718. The van der Waals surface area contributed by atoms with Gasteiger partial charge in [0.05, 0.1) is 0 Å². The number of nitrogens with one attached hydrogen (secondary N) is 2. The summed E-state index contributed by atoms with van der Waals surface area (Å²) < 4.78 is 27.5. The number of hydrogen-bond acceptors (Lipinski definition) is 5. The van der Waals surface area contributed by atoms with Crippen molar-refractivity contribution >= 4 is 21.4 Å². The van der Waals surface area contributed by atoms with E-state index in [2.05, 4.69) is 9.71 Å². The minimum absolute atomic E-state index is 0.0664. The van der Waals surface area contributed by atoms with Crippen molar-refractivity contribution in [3.05, 3.63) is 15.4 Å². The first-order chi connectivity index (χ1) is 9.44. The number of thiazole rings is 1. The smallest absolute Gasteiger partial charge is 0.305 e. The molecular formula is C12H21N3O3S2. The Bertz CT molecular complexity index is 600. The zero-order chi connectivity index (χ0) is 14.8. The summed E-state index contributed by atoms with van der Waals surface area (Å²) in [6.45, 7) is 1.87. The monoisotopic (exact) mass is 319 g/mol. The summed E-state index contributed by atoms with van der Waals surface area (Å²) in [6, 6.07) is -0.253. The predicted octanol–water partition coefficient (Wildman–Crippen LogP) is 0.931. The summed E-state index contributed by atoms with van der Waals surface area (Å²) in [4.78, 5) is 13.4. The fourth-order valence-electron chi connectivity index (χ4n) is 2.77. The molecule has 1 saturated carbocycles. The van der Waals surface area contributed by atoms with Gasteiger partial charge in [0.25, 0.3) is 10.0 Å². The highest BCUT2D eigenvalue weighted by Crippen LogP contribution is 2.27. The molecule has 0 saturated heterocycles. The summed E-state index contributed by atoms with van der Waals surface area (Å²) in [6.07, 6.45) is 5.47. The van der Waals surface area contributed by atoms with Crippen molar-refractivity contribution in [2.24, 2.45) is 11.7 Å². The number of aryl methyl sites for hydroxylation is 1. The number of H-pyrrole nitrogens is 1. The maximum absolute atomic E-state index is 12.4. The topological polar surface area (TPSA) is 105 Å². The van der Waals surface area contributed by atoms with E-state index in [-0.39, 0.29) is 21.7 Å². The van der Waals surface area contributed by atoms with Gasteiger partial charge in [0.2, 0.25) is 0 Å². The van der Waals surface area contributed by atoms with Gasteiger partial charge in [-0.05, 0) is 25.7 Å². The molecule has 0 spiro atoms. The fourth-order valence-corrected chi connectivity index (χ4v) is 5.41. The third kappa shape index (κ3) is 3.49. The van der Waals surface area contributed by atoms with Crippen molar-refractivity contribution in [2.75, 3.05) is 6.54 Å². The second kappa shape index (κ2) is 6.38. The van der Waals surface area contributed by atoms with E-state index in [0.29, 0.717) is 11.6 Å². The molecule has 0 aromatic carbocycles. The highest BCUT2D eigenvalue weighted by atomic mass is 32.2. The van der Waals surface area contributed by atoms with Crippen LogP contribution < -0.4 is 15.3 Å². The van der Waals surface area contributed by atoms with Crippen LogP contribution in [0.5, 0.6) is 0 Å². The van der Waals surface area contributed by atoms with Crippen LogP contribution in [0.15, 0.2) is 9.00 Å². The van der Waals surface area contributed by atoms with E-state index in [0.717, 1.165) is 37.0 Å². The molecule has 20 heavy (non-hydrogen) atoms. The van der Waals surface area contributed by atoms with E-state index in [1.54, 1.807) is 6.92 Å². The van der Waals surface area contributed by atoms with Crippen LogP contribution in [0.2, 0.25) is 0 Å². The second-order valence-corrected chi connectivity index (χ2v) is 8.18. The fraction of sp³-hybridized carbons (Fsp3) is 0.750. The van der Waals surface area contributed by atoms with E-state index in [1.807, 2.05) is 0 Å². The Hall–Kier alpha value is -0.700. The third-order valence-corrected chi connectivity index (χ3v) is 6.90. The van der Waals surface area contributed by atoms with Gasteiger partial charge in [-0.1, -0.05) is 30.6 Å². The van der Waals surface area contributed by atoms with E-state index < -0.39 is 10.0 Å². The molecular weight excluding hydrogens is 298 g/mol. The van der Waals surface area contributed by atoms with Gasteiger partial charge in [-0.25, -0.2) is 13.1 Å². The van der Waals surface area contributed by atoms with Gasteiger partial charge in [0.1, 0.15) is 0 Å². The maximum Gasteiger partial charge on any atom is 0.305 e. The van der Waals surface area contributed by atoms with Gasteiger partial charge in [-0.15, -0.1) is 0 Å².